The lowest BCUT2D eigenvalue weighted by atomic mass is 9.97. The van der Waals surface area contributed by atoms with E-state index < -0.39 is 0 Å². The average molecular weight is 175 g/mol. The zero-order chi connectivity index (χ0) is 9.84. The summed E-state index contributed by atoms with van der Waals surface area (Å²) in [7, 11) is 0. The van der Waals surface area contributed by atoms with E-state index in [0.717, 1.165) is 6.42 Å². The molecule has 2 N–H and O–H groups in total. The molecule has 1 rings (SSSR count). The molecule has 0 aliphatic heterocycles. The molecular weight excluding hydrogens is 158 g/mol. The van der Waals surface area contributed by atoms with E-state index in [4.69, 9.17) is 5.73 Å². The number of rotatable bonds is 3. The summed E-state index contributed by atoms with van der Waals surface area (Å²) in [6.07, 6.45) is 2.71. The minimum atomic E-state index is 0.0948. The molecule has 1 aromatic carbocycles. The van der Waals surface area contributed by atoms with E-state index in [0.29, 0.717) is 0 Å². The van der Waals surface area contributed by atoms with Crippen LogP contribution in [0, 0.1) is 13.8 Å². The normalized spacial score (nSPS) is 12.5. The van der Waals surface area contributed by atoms with Gasteiger partial charge in [0, 0.05) is 6.04 Å². The molecule has 0 heterocycles. The highest BCUT2D eigenvalue weighted by Gasteiger charge is 2.06. The molecule has 0 saturated heterocycles. The quantitative estimate of drug-likeness (QED) is 0.702. The van der Waals surface area contributed by atoms with Gasteiger partial charge in [0.25, 0.3) is 0 Å². The third-order valence-electron chi connectivity index (χ3n) is 2.25. The first kappa shape index (κ1) is 10.0. The molecule has 0 aliphatic carbocycles. The van der Waals surface area contributed by atoms with Crippen LogP contribution in [-0.2, 0) is 0 Å². The van der Waals surface area contributed by atoms with Gasteiger partial charge in [-0.3, -0.25) is 0 Å². The standard InChI is InChI=1S/C12H17N/c1-4-5-12(13)11-8-9(2)6-7-10(11)3/h4,6-8,12H,1,5,13H2,2-3H3/t12-/m0/s1. The van der Waals surface area contributed by atoms with E-state index >= 15 is 0 Å². The lowest BCUT2D eigenvalue weighted by Gasteiger charge is -2.13. The molecule has 13 heavy (non-hydrogen) atoms. The van der Waals surface area contributed by atoms with Crippen molar-refractivity contribution in [1.29, 1.82) is 0 Å². The van der Waals surface area contributed by atoms with Crippen molar-refractivity contribution in [2.45, 2.75) is 26.3 Å². The molecular formula is C12H17N. The van der Waals surface area contributed by atoms with E-state index in [1.54, 1.807) is 0 Å². The summed E-state index contributed by atoms with van der Waals surface area (Å²) in [6.45, 7) is 7.88. The fourth-order valence-corrected chi connectivity index (χ4v) is 1.47. The van der Waals surface area contributed by atoms with Gasteiger partial charge in [0.1, 0.15) is 0 Å². The molecule has 70 valence electrons. The van der Waals surface area contributed by atoms with Crippen LogP contribution in [0.15, 0.2) is 30.9 Å². The molecule has 0 bridgehead atoms. The van der Waals surface area contributed by atoms with Gasteiger partial charge in [-0.1, -0.05) is 29.8 Å². The van der Waals surface area contributed by atoms with Crippen molar-refractivity contribution in [3.63, 3.8) is 0 Å². The van der Waals surface area contributed by atoms with Crippen molar-refractivity contribution >= 4 is 0 Å². The Kier molecular flexibility index (Phi) is 3.26. The third kappa shape index (κ3) is 2.43. The third-order valence-corrected chi connectivity index (χ3v) is 2.25. The minimum absolute atomic E-state index is 0.0948. The van der Waals surface area contributed by atoms with Gasteiger partial charge in [-0.25, -0.2) is 0 Å². The molecule has 1 aromatic rings. The Hall–Kier alpha value is -1.08. The molecule has 0 amide bonds. The Morgan fingerprint density at radius 3 is 2.77 bits per heavy atom. The van der Waals surface area contributed by atoms with Crippen molar-refractivity contribution in [1.82, 2.24) is 0 Å². The Bertz CT molecular complexity index is 302. The summed E-state index contributed by atoms with van der Waals surface area (Å²) in [5, 5.41) is 0. The average Bonchev–Trinajstić information content (AvgIpc) is 2.09. The molecule has 1 atom stereocenters. The van der Waals surface area contributed by atoms with Crippen LogP contribution in [0.5, 0.6) is 0 Å². The van der Waals surface area contributed by atoms with Gasteiger partial charge in [0.2, 0.25) is 0 Å². The van der Waals surface area contributed by atoms with Crippen LogP contribution in [0.3, 0.4) is 0 Å². The van der Waals surface area contributed by atoms with E-state index in [-0.39, 0.29) is 6.04 Å². The van der Waals surface area contributed by atoms with E-state index in [1.165, 1.54) is 16.7 Å². The van der Waals surface area contributed by atoms with Crippen molar-refractivity contribution in [2.24, 2.45) is 5.73 Å². The second-order valence-electron chi connectivity index (χ2n) is 3.49. The first-order valence-electron chi connectivity index (χ1n) is 4.58. The van der Waals surface area contributed by atoms with E-state index in [9.17, 15) is 0 Å². The molecule has 0 aliphatic rings. The van der Waals surface area contributed by atoms with Crippen LogP contribution in [0.25, 0.3) is 0 Å². The maximum atomic E-state index is 6.00. The van der Waals surface area contributed by atoms with Gasteiger partial charge >= 0.3 is 0 Å². The lowest BCUT2D eigenvalue weighted by molar-refractivity contribution is 0.735. The summed E-state index contributed by atoms with van der Waals surface area (Å²) >= 11 is 0. The van der Waals surface area contributed by atoms with Crippen LogP contribution in [0.1, 0.15) is 29.2 Å². The van der Waals surface area contributed by atoms with Gasteiger partial charge < -0.3 is 5.73 Å². The molecule has 0 aromatic heterocycles. The zero-order valence-electron chi connectivity index (χ0n) is 8.38. The Labute approximate surface area is 80.3 Å². The molecule has 1 nitrogen and oxygen atoms in total. The Morgan fingerprint density at radius 1 is 1.46 bits per heavy atom. The van der Waals surface area contributed by atoms with Gasteiger partial charge in [-0.05, 0) is 31.4 Å². The summed E-state index contributed by atoms with van der Waals surface area (Å²) in [4.78, 5) is 0. The largest absolute Gasteiger partial charge is 0.324 e. The molecule has 0 unspecified atom stereocenters. The second-order valence-corrected chi connectivity index (χ2v) is 3.49. The van der Waals surface area contributed by atoms with Crippen LogP contribution in [0.4, 0.5) is 0 Å². The number of benzene rings is 1. The maximum Gasteiger partial charge on any atom is 0.0332 e. The first-order valence-corrected chi connectivity index (χ1v) is 4.58. The molecule has 0 radical (unpaired) electrons. The first-order chi connectivity index (χ1) is 6.15. The summed E-state index contributed by atoms with van der Waals surface area (Å²) in [6, 6.07) is 6.48. The number of hydrogen-bond acceptors (Lipinski definition) is 1. The van der Waals surface area contributed by atoms with E-state index in [1.807, 2.05) is 6.08 Å². The molecule has 1 heteroatoms. The van der Waals surface area contributed by atoms with Crippen LogP contribution >= 0.6 is 0 Å². The van der Waals surface area contributed by atoms with E-state index in [2.05, 4.69) is 38.6 Å². The van der Waals surface area contributed by atoms with Gasteiger partial charge in [-0.2, -0.15) is 0 Å². The number of nitrogens with two attached hydrogens (primary N) is 1. The highest BCUT2D eigenvalue weighted by molar-refractivity contribution is 5.33. The van der Waals surface area contributed by atoms with Crippen molar-refractivity contribution in [2.75, 3.05) is 0 Å². The second kappa shape index (κ2) is 4.24. The van der Waals surface area contributed by atoms with Gasteiger partial charge in [-0.15, -0.1) is 6.58 Å². The molecule has 0 saturated carbocycles. The highest BCUT2D eigenvalue weighted by atomic mass is 14.6. The van der Waals surface area contributed by atoms with Crippen molar-refractivity contribution < 1.29 is 0 Å². The fourth-order valence-electron chi connectivity index (χ4n) is 1.47. The van der Waals surface area contributed by atoms with Crippen LogP contribution in [0.2, 0.25) is 0 Å². The highest BCUT2D eigenvalue weighted by Crippen LogP contribution is 2.19. The van der Waals surface area contributed by atoms with Crippen molar-refractivity contribution in [3.05, 3.63) is 47.5 Å². The lowest BCUT2D eigenvalue weighted by Crippen LogP contribution is -2.10. The smallest absolute Gasteiger partial charge is 0.0332 e. The summed E-state index contributed by atoms with van der Waals surface area (Å²) < 4.78 is 0. The predicted octanol–water partition coefficient (Wildman–Crippen LogP) is 2.88. The van der Waals surface area contributed by atoms with Gasteiger partial charge in [0.15, 0.2) is 0 Å². The van der Waals surface area contributed by atoms with Gasteiger partial charge in [0.05, 0.1) is 0 Å². The fraction of sp³-hybridized carbons (Fsp3) is 0.333. The van der Waals surface area contributed by atoms with Crippen LogP contribution in [-0.4, -0.2) is 0 Å². The molecule has 0 fully saturated rings. The molecule has 0 spiro atoms. The van der Waals surface area contributed by atoms with Crippen molar-refractivity contribution in [3.8, 4) is 0 Å². The Morgan fingerprint density at radius 2 is 2.15 bits per heavy atom. The summed E-state index contributed by atoms with van der Waals surface area (Å²) in [5.74, 6) is 0. The topological polar surface area (TPSA) is 26.0 Å². The minimum Gasteiger partial charge on any atom is -0.324 e. The predicted molar refractivity (Wildman–Crippen MR) is 57.7 cm³/mol. The zero-order valence-corrected chi connectivity index (χ0v) is 8.38. The SMILES string of the molecule is C=CC[C@H](N)c1cc(C)ccc1C. The number of aryl methyl sites for hydroxylation is 2. The monoisotopic (exact) mass is 175 g/mol. The van der Waals surface area contributed by atoms with Crippen LogP contribution < -0.4 is 5.73 Å². The summed E-state index contributed by atoms with van der Waals surface area (Å²) in [5.41, 5.74) is 9.77. The maximum absolute atomic E-state index is 6.00. The Balaban J connectivity index is 2.97. The number of hydrogen-bond donors (Lipinski definition) is 1.